The molecule has 2 aliphatic heterocycles. The highest BCUT2D eigenvalue weighted by Crippen LogP contribution is 2.58. The molecule has 12 aromatic carbocycles. The Morgan fingerprint density at radius 2 is 0.758 bits per heavy atom. The number of aromatic nitrogens is 1. The van der Waals surface area contributed by atoms with E-state index >= 15 is 0 Å². The van der Waals surface area contributed by atoms with Crippen molar-refractivity contribution in [1.29, 1.82) is 0 Å². The summed E-state index contributed by atoms with van der Waals surface area (Å²) in [5.41, 5.74) is 30.6. The molecule has 3 nitrogen and oxygen atoms in total. The first-order chi connectivity index (χ1) is 44.4. The van der Waals surface area contributed by atoms with E-state index in [0.29, 0.717) is 11.8 Å². The number of rotatable bonds is 9. The molecule has 3 heterocycles. The summed E-state index contributed by atoms with van der Waals surface area (Å²) in [6.07, 6.45) is 5.12. The maximum Gasteiger partial charge on any atom is 0.252 e. The second-order valence-electron chi connectivity index (χ2n) is 28.4. The van der Waals surface area contributed by atoms with Crippen LogP contribution in [-0.2, 0) is 10.8 Å². The predicted molar refractivity (Wildman–Crippen MR) is 388 cm³/mol. The van der Waals surface area contributed by atoms with Gasteiger partial charge in [-0.1, -0.05) is 254 Å². The third-order valence-electron chi connectivity index (χ3n) is 20.9. The van der Waals surface area contributed by atoms with Crippen molar-refractivity contribution in [3.05, 3.63) is 290 Å². The Hall–Kier alpha value is -9.90. The third kappa shape index (κ3) is 9.15. The minimum Gasteiger partial charge on any atom is -0.310 e. The number of nitrogens with zero attached hydrogens (tertiary/aromatic N) is 3. The second-order valence-corrected chi connectivity index (χ2v) is 28.4. The first kappa shape index (κ1) is 55.2. The van der Waals surface area contributed by atoms with Gasteiger partial charge < -0.3 is 14.4 Å². The van der Waals surface area contributed by atoms with Crippen LogP contribution in [0.5, 0.6) is 0 Å². The summed E-state index contributed by atoms with van der Waals surface area (Å²) in [6.45, 7) is 14.1. The Labute approximate surface area is 537 Å². The maximum absolute atomic E-state index is 2.79. The van der Waals surface area contributed by atoms with E-state index in [0.717, 1.165) is 11.6 Å². The van der Waals surface area contributed by atoms with Crippen LogP contribution >= 0.6 is 0 Å². The zero-order valence-corrected chi connectivity index (χ0v) is 53.0. The van der Waals surface area contributed by atoms with Crippen LogP contribution < -0.4 is 26.2 Å². The lowest BCUT2D eigenvalue weighted by Crippen LogP contribution is -2.61. The van der Waals surface area contributed by atoms with Crippen LogP contribution in [0.3, 0.4) is 0 Å². The van der Waals surface area contributed by atoms with Crippen molar-refractivity contribution < 1.29 is 0 Å². The number of hydrogen-bond donors (Lipinski definition) is 0. The van der Waals surface area contributed by atoms with Gasteiger partial charge in [-0.3, -0.25) is 0 Å². The monoisotopic (exact) mass is 1170 g/mol. The van der Waals surface area contributed by atoms with Gasteiger partial charge in [0.15, 0.2) is 0 Å². The zero-order valence-electron chi connectivity index (χ0n) is 53.0. The first-order valence-electron chi connectivity index (χ1n) is 33.1. The molecular weight excluding hydrogens is 1100 g/mol. The number of benzene rings is 12. The van der Waals surface area contributed by atoms with Crippen molar-refractivity contribution in [2.24, 2.45) is 11.8 Å². The average molecular weight is 1170 g/mol. The van der Waals surface area contributed by atoms with Crippen molar-refractivity contribution in [2.45, 2.75) is 84.0 Å². The molecule has 91 heavy (non-hydrogen) atoms. The molecule has 1 aromatic heterocycles. The van der Waals surface area contributed by atoms with Crippen LogP contribution in [-0.4, -0.2) is 11.3 Å². The fraction of sp³-hybridized carbons (Fsp3) is 0.172. The third-order valence-corrected chi connectivity index (χ3v) is 20.9. The molecule has 2 saturated carbocycles. The van der Waals surface area contributed by atoms with Gasteiger partial charge in [-0.05, 0) is 181 Å². The smallest absolute Gasteiger partial charge is 0.252 e. The lowest BCUT2D eigenvalue weighted by molar-refractivity contribution is 0.420. The molecule has 0 amide bonds. The molecule has 17 rings (SSSR count). The fourth-order valence-corrected chi connectivity index (χ4v) is 16.5. The number of hydrogen-bond acceptors (Lipinski definition) is 2. The lowest BCUT2D eigenvalue weighted by atomic mass is 9.33. The Morgan fingerprint density at radius 1 is 0.352 bits per heavy atom. The lowest BCUT2D eigenvalue weighted by Gasteiger charge is -2.46. The van der Waals surface area contributed by atoms with Gasteiger partial charge in [-0.15, -0.1) is 0 Å². The van der Waals surface area contributed by atoms with E-state index < -0.39 is 0 Å². The van der Waals surface area contributed by atoms with Gasteiger partial charge in [-0.2, -0.15) is 0 Å². The molecule has 2 bridgehead atoms. The van der Waals surface area contributed by atoms with E-state index in [1.165, 1.54) is 170 Å². The van der Waals surface area contributed by atoms with Crippen molar-refractivity contribution in [3.8, 4) is 61.3 Å². The molecule has 4 heteroatoms. The summed E-state index contributed by atoms with van der Waals surface area (Å²) in [5.74, 6) is 1.79. The Balaban J connectivity index is 1.06. The molecule has 3 atom stereocenters. The van der Waals surface area contributed by atoms with Crippen LogP contribution in [0.15, 0.2) is 273 Å². The minimum absolute atomic E-state index is 0.142. The van der Waals surface area contributed by atoms with Crippen molar-refractivity contribution >= 4 is 79.0 Å². The van der Waals surface area contributed by atoms with Crippen molar-refractivity contribution in [3.63, 3.8) is 0 Å². The zero-order chi connectivity index (χ0) is 61.3. The molecule has 2 fully saturated rings. The van der Waals surface area contributed by atoms with E-state index in [1.807, 2.05) is 0 Å². The summed E-state index contributed by atoms with van der Waals surface area (Å²) in [7, 11) is 0. The Bertz CT molecular complexity index is 4800. The van der Waals surface area contributed by atoms with Crippen LogP contribution in [0.1, 0.15) is 89.8 Å². The van der Waals surface area contributed by atoms with E-state index in [2.05, 4.69) is 329 Å². The van der Waals surface area contributed by atoms with E-state index in [1.54, 1.807) is 0 Å². The van der Waals surface area contributed by atoms with Gasteiger partial charge in [0.1, 0.15) is 0 Å². The van der Waals surface area contributed by atoms with Crippen LogP contribution in [0.4, 0.5) is 34.1 Å². The van der Waals surface area contributed by atoms with E-state index in [9.17, 15) is 0 Å². The minimum atomic E-state index is -0.153. The van der Waals surface area contributed by atoms with Gasteiger partial charge in [-0.25, -0.2) is 0 Å². The molecule has 0 saturated heterocycles. The molecule has 0 N–H and O–H groups in total. The van der Waals surface area contributed by atoms with Crippen LogP contribution in [0.2, 0.25) is 0 Å². The van der Waals surface area contributed by atoms with E-state index in [4.69, 9.17) is 0 Å². The van der Waals surface area contributed by atoms with Gasteiger partial charge in [0, 0.05) is 61.5 Å². The average Bonchev–Trinajstić information content (AvgIpc) is 1.18. The fourth-order valence-electron chi connectivity index (χ4n) is 16.5. The molecule has 0 spiro atoms. The van der Waals surface area contributed by atoms with Gasteiger partial charge in [0.05, 0.1) is 22.4 Å². The molecular formula is C87H74BN3. The highest BCUT2D eigenvalue weighted by molar-refractivity contribution is 7.00. The van der Waals surface area contributed by atoms with Crippen molar-refractivity contribution in [1.82, 2.24) is 4.57 Å². The van der Waals surface area contributed by atoms with Gasteiger partial charge in [0.2, 0.25) is 0 Å². The van der Waals surface area contributed by atoms with Crippen molar-refractivity contribution in [2.75, 3.05) is 9.80 Å². The van der Waals surface area contributed by atoms with Crippen LogP contribution in [0.25, 0.3) is 83.1 Å². The maximum atomic E-state index is 2.79. The number of fused-ring (bicyclic) bond motifs is 9. The molecule has 0 radical (unpaired) electrons. The predicted octanol–water partition coefficient (Wildman–Crippen LogP) is 21.7. The number of para-hydroxylation sites is 2. The standard InChI is InChI=1S/C87H74BN3/c1-86(2,3)65-51-71(58-28-14-8-15-29-58)84(72(52-65)59-30-16-9-17-31-59)90-79-48-62(57-26-12-7-13-27-57)42-44-75(79)88-76-45-43-67(89-77-38-24-22-36-68(77)69-37-23-25-39-78(69)89)55-80(76)91(82-50-64(49-81(90)83(82)88)70-47-56-40-41-63(70)46-56)85-73(60-32-18-10-19-33-60)53-66(87(4,5)6)54-74(85)61-34-20-11-21-35-61/h7-39,42-45,48-56,63,70H,40-41,46-47H2,1-6H3/t56-,63+,70?/m0/s1. The molecule has 2 aliphatic carbocycles. The quantitative estimate of drug-likeness (QED) is 0.133. The normalized spacial score (nSPS) is 16.5. The first-order valence-corrected chi connectivity index (χ1v) is 33.1. The Morgan fingerprint density at radius 3 is 1.18 bits per heavy atom. The Kier molecular flexibility index (Phi) is 13.0. The summed E-state index contributed by atoms with van der Waals surface area (Å²) in [6, 6.07) is 105. The molecule has 4 aliphatic rings. The van der Waals surface area contributed by atoms with Gasteiger partial charge in [0.25, 0.3) is 6.71 Å². The molecule has 1 unspecified atom stereocenters. The molecule has 13 aromatic rings. The SMILES string of the molecule is CC(C)(C)c1cc(-c2ccccc2)c(N2c3cc(-c4ccccc4)ccc3B3c4ccc(-n5c6ccccc6c6ccccc65)cc4N(c4c(-c5ccccc5)cc(C(C)(C)C)cc4-c4ccccc4)c4cc(C5C[C@H]6CC[C@@H]5C6)cc2c43)c(-c2ccccc2)c1. The second kappa shape index (κ2) is 21.4. The summed E-state index contributed by atoms with van der Waals surface area (Å²) >= 11 is 0. The summed E-state index contributed by atoms with van der Waals surface area (Å²) < 4.78 is 2.52. The summed E-state index contributed by atoms with van der Waals surface area (Å²) in [5, 5.41) is 2.51. The van der Waals surface area contributed by atoms with E-state index in [-0.39, 0.29) is 17.5 Å². The number of anilines is 6. The highest BCUT2D eigenvalue weighted by Gasteiger charge is 2.48. The highest BCUT2D eigenvalue weighted by atomic mass is 15.2. The van der Waals surface area contributed by atoms with Gasteiger partial charge >= 0.3 is 0 Å². The van der Waals surface area contributed by atoms with Crippen LogP contribution in [0, 0.1) is 11.8 Å². The topological polar surface area (TPSA) is 11.4 Å². The largest absolute Gasteiger partial charge is 0.310 e. The molecule has 440 valence electrons. The summed E-state index contributed by atoms with van der Waals surface area (Å²) in [4.78, 5) is 5.57.